The molecular weight excluding hydrogens is 405 g/mol. The molecule has 0 radical (unpaired) electrons. The molecule has 1 aromatic carbocycles. The number of benzene rings is 1. The van der Waals surface area contributed by atoms with E-state index in [4.69, 9.17) is 26.6 Å². The van der Waals surface area contributed by atoms with Crippen LogP contribution in [-0.2, 0) is 9.24 Å². The lowest BCUT2D eigenvalue weighted by molar-refractivity contribution is -0.158. The van der Waals surface area contributed by atoms with Gasteiger partial charge in [0.2, 0.25) is 0 Å². The zero-order valence-corrected chi connectivity index (χ0v) is 18.0. The number of rotatable bonds is 9. The highest BCUT2D eigenvalue weighted by Gasteiger charge is 2.10. The Morgan fingerprint density at radius 1 is 1.29 bits per heavy atom. The topological polar surface area (TPSA) is 115 Å². The molecule has 2 rings (SSSR count). The Hall–Kier alpha value is -1.25. The third kappa shape index (κ3) is 9.30. The Bertz CT molecular complexity index is 770. The third-order valence-corrected chi connectivity index (χ3v) is 4.67. The fourth-order valence-electron chi connectivity index (χ4n) is 2.75. The SMILES string of the molecule is CCN(CC)CCCC(C)Nc1ccnc2cc(Cl)ccc12.O=P(O)(O)OO. The van der Waals surface area contributed by atoms with Gasteiger partial charge in [-0.2, -0.15) is 0 Å². The number of hydrogen-bond acceptors (Lipinski definition) is 6. The lowest BCUT2D eigenvalue weighted by Gasteiger charge is -2.20. The van der Waals surface area contributed by atoms with Gasteiger partial charge in [0.05, 0.1) is 5.52 Å². The highest BCUT2D eigenvalue weighted by atomic mass is 35.5. The molecule has 0 aliphatic rings. The average Bonchev–Trinajstić information content (AvgIpc) is 2.65. The molecule has 1 atom stereocenters. The number of nitrogens with one attached hydrogen (secondary N) is 1. The summed E-state index contributed by atoms with van der Waals surface area (Å²) in [5.74, 6) is 0. The summed E-state index contributed by atoms with van der Waals surface area (Å²) in [5.41, 5.74) is 2.07. The van der Waals surface area contributed by atoms with Crippen LogP contribution in [0.4, 0.5) is 5.69 Å². The molecule has 1 aromatic heterocycles. The Kier molecular flexibility index (Phi) is 10.9. The summed E-state index contributed by atoms with van der Waals surface area (Å²) in [7, 11) is -4.59. The van der Waals surface area contributed by atoms with Crippen molar-refractivity contribution in [1.82, 2.24) is 9.88 Å². The minimum atomic E-state index is -4.59. The van der Waals surface area contributed by atoms with Gasteiger partial charge in [0.15, 0.2) is 0 Å². The van der Waals surface area contributed by atoms with E-state index in [1.54, 1.807) is 0 Å². The van der Waals surface area contributed by atoms with Gasteiger partial charge in [-0.15, -0.1) is 4.67 Å². The first-order valence-corrected chi connectivity index (χ1v) is 11.0. The molecule has 0 spiro atoms. The van der Waals surface area contributed by atoms with Crippen molar-refractivity contribution in [1.29, 1.82) is 0 Å². The van der Waals surface area contributed by atoms with Crippen LogP contribution in [0.5, 0.6) is 0 Å². The van der Waals surface area contributed by atoms with Crippen LogP contribution in [0, 0.1) is 0 Å². The van der Waals surface area contributed by atoms with Gasteiger partial charge in [-0.1, -0.05) is 25.4 Å². The maximum atomic E-state index is 9.22. The third-order valence-electron chi connectivity index (χ3n) is 4.22. The molecule has 0 aliphatic carbocycles. The second-order valence-electron chi connectivity index (χ2n) is 6.31. The number of halogens is 1. The van der Waals surface area contributed by atoms with Crippen molar-refractivity contribution in [3.05, 3.63) is 35.5 Å². The molecule has 4 N–H and O–H groups in total. The van der Waals surface area contributed by atoms with E-state index < -0.39 is 7.82 Å². The highest BCUT2D eigenvalue weighted by Crippen LogP contribution is 2.33. The Balaban J connectivity index is 0.000000568. The first kappa shape index (κ1) is 24.8. The lowest BCUT2D eigenvalue weighted by Crippen LogP contribution is -2.25. The largest absolute Gasteiger partial charge is 0.496 e. The van der Waals surface area contributed by atoms with Gasteiger partial charge in [0, 0.05) is 28.3 Å². The van der Waals surface area contributed by atoms with Crippen molar-refractivity contribution in [2.24, 2.45) is 0 Å². The molecule has 0 amide bonds. The van der Waals surface area contributed by atoms with Gasteiger partial charge >= 0.3 is 7.82 Å². The summed E-state index contributed by atoms with van der Waals surface area (Å²) in [6.45, 7) is 10.1. The maximum Gasteiger partial charge on any atom is 0.496 e. The molecular formula is C18H29ClN3O5P. The summed E-state index contributed by atoms with van der Waals surface area (Å²) in [6.07, 6.45) is 4.21. The van der Waals surface area contributed by atoms with Crippen LogP contribution in [0.25, 0.3) is 10.9 Å². The van der Waals surface area contributed by atoms with Gasteiger partial charge in [-0.25, -0.2) is 9.82 Å². The first-order chi connectivity index (χ1) is 13.2. The van der Waals surface area contributed by atoms with Crippen LogP contribution in [0.2, 0.25) is 5.02 Å². The van der Waals surface area contributed by atoms with Gasteiger partial charge in [0.1, 0.15) is 0 Å². The van der Waals surface area contributed by atoms with Gasteiger partial charge in [-0.3, -0.25) is 4.98 Å². The number of pyridine rings is 1. The maximum absolute atomic E-state index is 9.22. The van der Waals surface area contributed by atoms with Crippen LogP contribution in [0.15, 0.2) is 30.5 Å². The molecule has 8 nitrogen and oxygen atoms in total. The van der Waals surface area contributed by atoms with Crippen LogP contribution in [-0.4, -0.2) is 50.6 Å². The second kappa shape index (κ2) is 12.3. The summed E-state index contributed by atoms with van der Waals surface area (Å²) >= 11 is 6.04. The first-order valence-electron chi connectivity index (χ1n) is 9.12. The van der Waals surface area contributed by atoms with Crippen molar-refractivity contribution in [2.75, 3.05) is 25.0 Å². The fraction of sp³-hybridized carbons (Fsp3) is 0.500. The number of nitrogens with zero attached hydrogens (tertiary/aromatic N) is 2. The minimum absolute atomic E-state index is 0.442. The molecule has 0 saturated carbocycles. The minimum Gasteiger partial charge on any atom is -0.382 e. The summed E-state index contributed by atoms with van der Waals surface area (Å²) < 4.78 is 11.8. The number of phosphoric acid groups is 1. The molecule has 28 heavy (non-hydrogen) atoms. The van der Waals surface area contributed by atoms with Gasteiger partial charge in [-0.05, 0) is 63.7 Å². The van der Waals surface area contributed by atoms with Crippen molar-refractivity contribution in [3.8, 4) is 0 Å². The molecule has 1 heterocycles. The molecule has 2 aromatic rings. The van der Waals surface area contributed by atoms with Crippen molar-refractivity contribution >= 4 is 36.0 Å². The zero-order valence-electron chi connectivity index (χ0n) is 16.4. The van der Waals surface area contributed by atoms with E-state index in [-0.39, 0.29) is 0 Å². The van der Waals surface area contributed by atoms with Crippen molar-refractivity contribution in [2.45, 2.75) is 39.7 Å². The van der Waals surface area contributed by atoms with E-state index in [2.05, 4.69) is 40.6 Å². The Labute approximate surface area is 170 Å². The summed E-state index contributed by atoms with van der Waals surface area (Å²) in [4.78, 5) is 21.8. The quantitative estimate of drug-likeness (QED) is 0.261. The standard InChI is InChI=1S/C18H26ClN3.H3O5P/c1-4-22(5-2)12-6-7-14(3)21-17-10-11-20-18-13-15(19)8-9-16(17)18;1-5-6(2,3)4/h8-11,13-14H,4-7,12H2,1-3H3,(H,20,21);1H,(H2,2,3,4). The number of aromatic nitrogens is 1. The van der Waals surface area contributed by atoms with Crippen molar-refractivity contribution < 1.29 is 24.3 Å². The molecule has 158 valence electrons. The number of fused-ring (bicyclic) bond motifs is 1. The molecule has 0 fully saturated rings. The van der Waals surface area contributed by atoms with E-state index in [1.807, 2.05) is 30.5 Å². The molecule has 1 unspecified atom stereocenters. The summed E-state index contributed by atoms with van der Waals surface area (Å²) in [6, 6.07) is 8.35. The van der Waals surface area contributed by atoms with Crippen LogP contribution >= 0.6 is 19.4 Å². The predicted molar refractivity (Wildman–Crippen MR) is 113 cm³/mol. The summed E-state index contributed by atoms with van der Waals surface area (Å²) in [5, 5.41) is 12.6. The van der Waals surface area contributed by atoms with Gasteiger partial charge < -0.3 is 20.0 Å². The highest BCUT2D eigenvalue weighted by molar-refractivity contribution is 7.46. The van der Waals surface area contributed by atoms with Crippen LogP contribution in [0.1, 0.15) is 33.6 Å². The fourth-order valence-corrected chi connectivity index (χ4v) is 2.91. The van der Waals surface area contributed by atoms with E-state index >= 15 is 0 Å². The number of anilines is 1. The molecule has 10 heteroatoms. The normalized spacial score (nSPS) is 12.6. The van der Waals surface area contributed by atoms with Crippen LogP contribution < -0.4 is 5.32 Å². The molecule has 0 aliphatic heterocycles. The van der Waals surface area contributed by atoms with E-state index in [0.717, 1.165) is 41.1 Å². The average molecular weight is 434 g/mol. The van der Waals surface area contributed by atoms with E-state index in [1.165, 1.54) is 13.0 Å². The van der Waals surface area contributed by atoms with E-state index in [9.17, 15) is 4.57 Å². The smallest absolute Gasteiger partial charge is 0.382 e. The van der Waals surface area contributed by atoms with Gasteiger partial charge in [0.25, 0.3) is 0 Å². The Morgan fingerprint density at radius 2 is 1.93 bits per heavy atom. The predicted octanol–water partition coefficient (Wildman–Crippen LogP) is 4.38. The monoisotopic (exact) mass is 433 g/mol. The van der Waals surface area contributed by atoms with Crippen molar-refractivity contribution in [3.63, 3.8) is 0 Å². The molecule has 0 bridgehead atoms. The van der Waals surface area contributed by atoms with Crippen LogP contribution in [0.3, 0.4) is 0 Å². The lowest BCUT2D eigenvalue weighted by atomic mass is 10.1. The second-order valence-corrected chi connectivity index (χ2v) is 7.89. The van der Waals surface area contributed by atoms with E-state index in [0.29, 0.717) is 6.04 Å². The Morgan fingerprint density at radius 3 is 2.50 bits per heavy atom. The number of hydrogen-bond donors (Lipinski definition) is 4. The molecule has 0 saturated heterocycles. The zero-order chi connectivity index (χ0) is 21.2.